The van der Waals surface area contributed by atoms with Gasteiger partial charge in [-0.3, -0.25) is 0 Å². The van der Waals surface area contributed by atoms with Crippen LogP contribution in [0.15, 0.2) is 16.6 Å². The fraction of sp³-hybridized carbons (Fsp3) is 0.500. The van der Waals surface area contributed by atoms with Crippen molar-refractivity contribution in [3.8, 4) is 17.6 Å². The first-order valence-corrected chi connectivity index (χ1v) is 7.28. The summed E-state index contributed by atoms with van der Waals surface area (Å²) in [6, 6.07) is 6.74. The van der Waals surface area contributed by atoms with Crippen LogP contribution in [0.5, 0.6) is 11.5 Å². The van der Waals surface area contributed by atoms with Gasteiger partial charge < -0.3 is 14.8 Å². The third-order valence-electron chi connectivity index (χ3n) is 3.74. The van der Waals surface area contributed by atoms with Crippen molar-refractivity contribution in [1.29, 1.82) is 5.26 Å². The van der Waals surface area contributed by atoms with Gasteiger partial charge in [0, 0.05) is 12.6 Å². The zero-order valence-corrected chi connectivity index (χ0v) is 12.1. The van der Waals surface area contributed by atoms with Crippen molar-refractivity contribution in [1.82, 2.24) is 5.32 Å². The summed E-state index contributed by atoms with van der Waals surface area (Å²) in [4.78, 5) is 0. The van der Waals surface area contributed by atoms with Crippen molar-refractivity contribution in [2.75, 3.05) is 6.79 Å². The van der Waals surface area contributed by atoms with Crippen LogP contribution < -0.4 is 14.8 Å². The summed E-state index contributed by atoms with van der Waals surface area (Å²) in [5, 5.41) is 12.5. The van der Waals surface area contributed by atoms with E-state index in [1.807, 2.05) is 12.1 Å². The minimum Gasteiger partial charge on any atom is -0.454 e. The number of nitrogens with zero attached hydrogens (tertiary/aromatic N) is 1. The number of ether oxygens (including phenoxy) is 2. The fourth-order valence-electron chi connectivity index (χ4n) is 2.73. The van der Waals surface area contributed by atoms with Crippen molar-refractivity contribution < 1.29 is 9.47 Å². The third-order valence-corrected chi connectivity index (χ3v) is 4.33. The highest BCUT2D eigenvalue weighted by Gasteiger charge is 2.26. The van der Waals surface area contributed by atoms with Crippen LogP contribution in [0, 0.1) is 17.2 Å². The van der Waals surface area contributed by atoms with Crippen LogP contribution >= 0.6 is 15.9 Å². The molecular weight excluding hydrogens is 308 g/mol. The summed E-state index contributed by atoms with van der Waals surface area (Å²) in [6.07, 6.45) is 3.24. The average Bonchev–Trinajstić information content (AvgIpc) is 3.04. The Kier molecular flexibility index (Phi) is 3.63. The van der Waals surface area contributed by atoms with E-state index in [1.165, 1.54) is 0 Å². The number of hydrogen-bond donors (Lipinski definition) is 1. The first-order chi connectivity index (χ1) is 9.28. The number of hydrogen-bond acceptors (Lipinski definition) is 4. The highest BCUT2D eigenvalue weighted by Crippen LogP contribution is 2.40. The smallest absolute Gasteiger partial charge is 0.231 e. The number of rotatable bonds is 3. The van der Waals surface area contributed by atoms with Gasteiger partial charge in [0.1, 0.15) is 0 Å². The van der Waals surface area contributed by atoms with Gasteiger partial charge >= 0.3 is 0 Å². The van der Waals surface area contributed by atoms with Gasteiger partial charge in [-0.05, 0) is 46.5 Å². The molecule has 1 saturated carbocycles. The Hall–Kier alpha value is -1.25. The number of nitrogens with one attached hydrogen (secondary N) is 1. The molecule has 1 aromatic rings. The lowest BCUT2D eigenvalue weighted by atomic mass is 10.1. The monoisotopic (exact) mass is 322 g/mol. The minimum absolute atomic E-state index is 0.150. The predicted molar refractivity (Wildman–Crippen MR) is 73.8 cm³/mol. The second-order valence-electron chi connectivity index (χ2n) is 4.97. The second-order valence-corrected chi connectivity index (χ2v) is 5.82. The van der Waals surface area contributed by atoms with Crippen LogP contribution in [-0.4, -0.2) is 12.8 Å². The van der Waals surface area contributed by atoms with Crippen LogP contribution in [0.2, 0.25) is 0 Å². The zero-order chi connectivity index (χ0) is 13.2. The first-order valence-electron chi connectivity index (χ1n) is 6.49. The number of halogens is 1. The van der Waals surface area contributed by atoms with Gasteiger partial charge in [0.25, 0.3) is 0 Å². The highest BCUT2D eigenvalue weighted by atomic mass is 79.9. The van der Waals surface area contributed by atoms with E-state index in [4.69, 9.17) is 14.7 Å². The number of benzene rings is 1. The molecule has 0 spiro atoms. The van der Waals surface area contributed by atoms with E-state index in [9.17, 15) is 0 Å². The quantitative estimate of drug-likeness (QED) is 0.929. The van der Waals surface area contributed by atoms with E-state index < -0.39 is 0 Å². The molecule has 1 aliphatic carbocycles. The Morgan fingerprint density at radius 3 is 3.11 bits per heavy atom. The van der Waals surface area contributed by atoms with E-state index in [1.54, 1.807) is 0 Å². The SMILES string of the molecule is N#CC1CCCC1NCc1cc(Br)c2c(c1)OCO2. The molecule has 1 aromatic carbocycles. The molecule has 0 amide bonds. The molecular formula is C14H15BrN2O2. The fourth-order valence-corrected chi connectivity index (χ4v) is 3.33. The molecule has 2 atom stereocenters. The van der Waals surface area contributed by atoms with E-state index in [0.717, 1.165) is 47.3 Å². The summed E-state index contributed by atoms with van der Waals surface area (Å²) in [6.45, 7) is 1.03. The molecule has 1 N–H and O–H groups in total. The van der Waals surface area contributed by atoms with E-state index >= 15 is 0 Å². The molecule has 2 unspecified atom stereocenters. The van der Waals surface area contributed by atoms with Crippen molar-refractivity contribution in [2.45, 2.75) is 31.8 Å². The van der Waals surface area contributed by atoms with Crippen molar-refractivity contribution in [3.05, 3.63) is 22.2 Å². The number of nitriles is 1. The summed E-state index contributed by atoms with van der Waals surface area (Å²) in [5.41, 5.74) is 1.14. The van der Waals surface area contributed by atoms with Gasteiger partial charge in [-0.2, -0.15) is 5.26 Å². The Morgan fingerprint density at radius 2 is 2.26 bits per heavy atom. The largest absolute Gasteiger partial charge is 0.454 e. The molecule has 5 heteroatoms. The Balaban J connectivity index is 1.68. The minimum atomic E-state index is 0.150. The van der Waals surface area contributed by atoms with Crippen LogP contribution in [0.25, 0.3) is 0 Å². The lowest BCUT2D eigenvalue weighted by molar-refractivity contribution is 0.173. The lowest BCUT2D eigenvalue weighted by Crippen LogP contribution is -2.31. The molecule has 19 heavy (non-hydrogen) atoms. The molecule has 3 rings (SSSR count). The second kappa shape index (κ2) is 5.40. The molecule has 1 fully saturated rings. The molecule has 0 saturated heterocycles. The molecule has 0 radical (unpaired) electrons. The standard InChI is InChI=1S/C14H15BrN2O2/c15-11-4-9(5-13-14(11)19-8-18-13)7-17-12-3-1-2-10(12)6-16/h4-5,10,12,17H,1-3,7-8H2. The predicted octanol–water partition coefficient (Wildman–Crippen LogP) is 2.96. The highest BCUT2D eigenvalue weighted by molar-refractivity contribution is 9.10. The first kappa shape index (κ1) is 12.8. The Labute approximate surface area is 120 Å². The molecule has 0 aromatic heterocycles. The van der Waals surface area contributed by atoms with Crippen molar-refractivity contribution >= 4 is 15.9 Å². The molecule has 0 bridgehead atoms. The molecule has 1 aliphatic heterocycles. The van der Waals surface area contributed by atoms with E-state index in [2.05, 4.69) is 27.3 Å². The van der Waals surface area contributed by atoms with Crippen LogP contribution in [0.1, 0.15) is 24.8 Å². The van der Waals surface area contributed by atoms with E-state index in [-0.39, 0.29) is 12.7 Å². The lowest BCUT2D eigenvalue weighted by Gasteiger charge is -2.16. The van der Waals surface area contributed by atoms with Crippen molar-refractivity contribution in [3.63, 3.8) is 0 Å². The summed E-state index contributed by atoms with van der Waals surface area (Å²) >= 11 is 3.49. The topological polar surface area (TPSA) is 54.3 Å². The third kappa shape index (κ3) is 2.56. The van der Waals surface area contributed by atoms with Gasteiger partial charge in [-0.1, -0.05) is 6.42 Å². The maximum Gasteiger partial charge on any atom is 0.231 e. The molecule has 100 valence electrons. The van der Waals surface area contributed by atoms with Gasteiger partial charge in [-0.25, -0.2) is 0 Å². The van der Waals surface area contributed by atoms with Crippen LogP contribution in [0.4, 0.5) is 0 Å². The van der Waals surface area contributed by atoms with Gasteiger partial charge in [0.2, 0.25) is 6.79 Å². The molecule has 4 nitrogen and oxygen atoms in total. The molecule has 1 heterocycles. The summed E-state index contributed by atoms with van der Waals surface area (Å²) in [5.74, 6) is 1.71. The maximum absolute atomic E-state index is 9.07. The van der Waals surface area contributed by atoms with Crippen molar-refractivity contribution in [2.24, 2.45) is 5.92 Å². The normalized spacial score (nSPS) is 24.4. The van der Waals surface area contributed by atoms with Gasteiger partial charge in [-0.15, -0.1) is 0 Å². The van der Waals surface area contributed by atoms with E-state index in [0.29, 0.717) is 6.04 Å². The van der Waals surface area contributed by atoms with Gasteiger partial charge in [0.05, 0.1) is 16.5 Å². The Morgan fingerprint density at radius 1 is 1.37 bits per heavy atom. The van der Waals surface area contributed by atoms with Crippen LogP contribution in [0.3, 0.4) is 0 Å². The maximum atomic E-state index is 9.07. The van der Waals surface area contributed by atoms with Gasteiger partial charge in [0.15, 0.2) is 11.5 Å². The Bertz CT molecular complexity index is 527. The van der Waals surface area contributed by atoms with Crippen LogP contribution in [-0.2, 0) is 6.54 Å². The summed E-state index contributed by atoms with van der Waals surface area (Å²) < 4.78 is 11.7. The average molecular weight is 323 g/mol. The molecule has 2 aliphatic rings. The zero-order valence-electron chi connectivity index (χ0n) is 10.5. The summed E-state index contributed by atoms with van der Waals surface area (Å²) in [7, 11) is 0. The number of fused-ring (bicyclic) bond motifs is 1.